The van der Waals surface area contributed by atoms with Crippen molar-refractivity contribution in [2.45, 2.75) is 45.4 Å². The van der Waals surface area contributed by atoms with E-state index in [9.17, 15) is 0 Å². The van der Waals surface area contributed by atoms with Gasteiger partial charge in [0.25, 0.3) is 0 Å². The molecule has 0 saturated carbocycles. The van der Waals surface area contributed by atoms with Crippen molar-refractivity contribution in [1.29, 1.82) is 0 Å². The van der Waals surface area contributed by atoms with Gasteiger partial charge in [0.2, 0.25) is 0 Å². The fourth-order valence-electron chi connectivity index (χ4n) is 1.33. The van der Waals surface area contributed by atoms with Gasteiger partial charge < -0.3 is 10.1 Å². The van der Waals surface area contributed by atoms with Gasteiger partial charge in [0.05, 0.1) is 6.61 Å². The molecule has 0 spiro atoms. The van der Waals surface area contributed by atoms with Crippen molar-refractivity contribution in [3.8, 4) is 0 Å². The molecule has 0 aliphatic heterocycles. The Morgan fingerprint density at radius 2 is 2.14 bits per heavy atom. The van der Waals surface area contributed by atoms with Gasteiger partial charge in [0, 0.05) is 23.2 Å². The van der Waals surface area contributed by atoms with E-state index < -0.39 is 0 Å². The van der Waals surface area contributed by atoms with Gasteiger partial charge >= 0.3 is 0 Å². The van der Waals surface area contributed by atoms with Crippen LogP contribution in [0, 0.1) is 0 Å². The highest BCUT2D eigenvalue weighted by molar-refractivity contribution is 5.13. The molecule has 0 radical (unpaired) electrons. The Bertz CT molecular complexity index is 282. The van der Waals surface area contributed by atoms with E-state index in [4.69, 9.17) is 5.11 Å². The summed E-state index contributed by atoms with van der Waals surface area (Å²) in [6, 6.07) is 0. The average Bonchev–Trinajstić information content (AvgIpc) is 2.54. The molecule has 0 fully saturated rings. The largest absolute Gasteiger partial charge is 0.396 e. The molecule has 3 heteroatoms. The minimum Gasteiger partial charge on any atom is -0.396 e. The van der Waals surface area contributed by atoms with Gasteiger partial charge in [-0.25, -0.2) is 4.98 Å². The first-order valence-corrected chi connectivity index (χ1v) is 5.15. The van der Waals surface area contributed by atoms with E-state index in [0.717, 1.165) is 17.9 Å². The maximum atomic E-state index is 9.13. The van der Waals surface area contributed by atoms with Gasteiger partial charge in [-0.2, -0.15) is 0 Å². The summed E-state index contributed by atoms with van der Waals surface area (Å²) in [5.74, 6) is 1.05. The number of aromatic nitrogens is 2. The van der Waals surface area contributed by atoms with Crippen molar-refractivity contribution in [3.63, 3.8) is 0 Å². The Morgan fingerprint density at radius 1 is 1.50 bits per heavy atom. The van der Waals surface area contributed by atoms with Crippen LogP contribution >= 0.6 is 0 Å². The molecule has 0 bridgehead atoms. The fraction of sp³-hybridized carbons (Fsp3) is 0.727. The summed E-state index contributed by atoms with van der Waals surface area (Å²) in [6.07, 6.45) is 2.78. The molecular weight excluding hydrogens is 176 g/mol. The van der Waals surface area contributed by atoms with Crippen LogP contribution in [0.3, 0.4) is 0 Å². The van der Waals surface area contributed by atoms with E-state index in [0.29, 0.717) is 0 Å². The lowest BCUT2D eigenvalue weighted by Crippen LogP contribution is -2.12. The molecule has 80 valence electrons. The van der Waals surface area contributed by atoms with E-state index in [2.05, 4.69) is 37.7 Å². The molecule has 1 unspecified atom stereocenters. The lowest BCUT2D eigenvalue weighted by Gasteiger charge is -2.15. The van der Waals surface area contributed by atoms with Crippen LogP contribution in [0.15, 0.2) is 6.20 Å². The molecular formula is C11H20N2O. The normalized spacial score (nSPS) is 14.4. The Hall–Kier alpha value is -0.830. The van der Waals surface area contributed by atoms with Crippen molar-refractivity contribution >= 4 is 0 Å². The van der Waals surface area contributed by atoms with E-state index in [1.165, 1.54) is 0 Å². The minimum atomic E-state index is 0.0962. The summed E-state index contributed by atoms with van der Waals surface area (Å²) < 4.78 is 0. The molecule has 0 aliphatic rings. The predicted molar refractivity (Wildman–Crippen MR) is 57.4 cm³/mol. The van der Waals surface area contributed by atoms with Gasteiger partial charge in [-0.3, -0.25) is 0 Å². The number of aromatic amines is 1. The van der Waals surface area contributed by atoms with Gasteiger partial charge in [-0.1, -0.05) is 27.7 Å². The number of hydrogen-bond donors (Lipinski definition) is 2. The van der Waals surface area contributed by atoms with Crippen LogP contribution in [0.1, 0.15) is 51.6 Å². The highest BCUT2D eigenvalue weighted by Crippen LogP contribution is 2.23. The zero-order valence-corrected chi connectivity index (χ0v) is 9.46. The van der Waals surface area contributed by atoms with Gasteiger partial charge in [0.1, 0.15) is 5.82 Å². The van der Waals surface area contributed by atoms with Crippen LogP contribution < -0.4 is 0 Å². The minimum absolute atomic E-state index is 0.0962. The third-order valence-corrected chi connectivity index (χ3v) is 2.50. The molecule has 1 aromatic heterocycles. The number of hydrogen-bond acceptors (Lipinski definition) is 2. The van der Waals surface area contributed by atoms with Crippen molar-refractivity contribution < 1.29 is 5.11 Å². The number of aliphatic hydroxyl groups excluding tert-OH is 1. The second-order valence-corrected chi connectivity index (χ2v) is 4.72. The molecule has 1 heterocycles. The molecule has 1 aromatic rings. The zero-order valence-electron chi connectivity index (χ0n) is 9.46. The summed E-state index contributed by atoms with van der Waals surface area (Å²) >= 11 is 0. The molecule has 1 rings (SSSR count). The Balaban J connectivity index is 2.87. The maximum Gasteiger partial charge on any atom is 0.111 e. The summed E-state index contributed by atoms with van der Waals surface area (Å²) in [7, 11) is 0. The quantitative estimate of drug-likeness (QED) is 0.778. The Labute approximate surface area is 85.6 Å². The zero-order chi connectivity index (χ0) is 10.8. The Kier molecular flexibility index (Phi) is 3.32. The molecule has 0 saturated heterocycles. The second kappa shape index (κ2) is 4.13. The third kappa shape index (κ3) is 2.35. The molecule has 3 nitrogen and oxygen atoms in total. The van der Waals surface area contributed by atoms with Gasteiger partial charge in [-0.05, 0) is 6.42 Å². The highest BCUT2D eigenvalue weighted by atomic mass is 16.3. The summed E-state index contributed by atoms with van der Waals surface area (Å²) in [5, 5.41) is 9.13. The lowest BCUT2D eigenvalue weighted by atomic mass is 9.93. The number of rotatable bonds is 3. The van der Waals surface area contributed by atoms with Gasteiger partial charge in [-0.15, -0.1) is 0 Å². The smallest absolute Gasteiger partial charge is 0.111 e. The molecule has 0 aliphatic carbocycles. The van der Waals surface area contributed by atoms with Crippen molar-refractivity contribution in [2.24, 2.45) is 0 Å². The monoisotopic (exact) mass is 196 g/mol. The number of H-pyrrole nitrogens is 1. The van der Waals surface area contributed by atoms with E-state index >= 15 is 0 Å². The number of nitrogens with zero attached hydrogens (tertiary/aromatic N) is 1. The fourth-order valence-corrected chi connectivity index (χ4v) is 1.33. The first-order chi connectivity index (χ1) is 6.49. The van der Waals surface area contributed by atoms with Crippen LogP contribution in [0.4, 0.5) is 0 Å². The summed E-state index contributed by atoms with van der Waals surface area (Å²) in [4.78, 5) is 7.59. The first kappa shape index (κ1) is 11.2. The molecule has 0 aromatic carbocycles. The average molecular weight is 196 g/mol. The molecule has 14 heavy (non-hydrogen) atoms. The topological polar surface area (TPSA) is 48.9 Å². The van der Waals surface area contributed by atoms with E-state index in [1.807, 2.05) is 6.20 Å². The maximum absolute atomic E-state index is 9.13. The van der Waals surface area contributed by atoms with Crippen LogP contribution in [0.2, 0.25) is 0 Å². The van der Waals surface area contributed by atoms with Crippen molar-refractivity contribution in [1.82, 2.24) is 9.97 Å². The SMILES string of the molecule is CCC(CO)c1ncc(C(C)(C)C)[nH]1. The lowest BCUT2D eigenvalue weighted by molar-refractivity contribution is 0.258. The highest BCUT2D eigenvalue weighted by Gasteiger charge is 2.19. The van der Waals surface area contributed by atoms with Gasteiger partial charge in [0.15, 0.2) is 0 Å². The number of nitrogens with one attached hydrogen (secondary N) is 1. The standard InChI is InChI=1S/C11H20N2O/c1-5-8(7-14)10-12-6-9(13-10)11(2,3)4/h6,8,14H,5,7H2,1-4H3,(H,12,13). The molecule has 1 atom stereocenters. The van der Waals surface area contributed by atoms with Crippen molar-refractivity contribution in [3.05, 3.63) is 17.7 Å². The Morgan fingerprint density at radius 3 is 2.50 bits per heavy atom. The third-order valence-electron chi connectivity index (χ3n) is 2.50. The van der Waals surface area contributed by atoms with Crippen LogP contribution in [0.5, 0.6) is 0 Å². The summed E-state index contributed by atoms with van der Waals surface area (Å²) in [5.41, 5.74) is 1.22. The summed E-state index contributed by atoms with van der Waals surface area (Å²) in [6.45, 7) is 8.65. The predicted octanol–water partition coefficient (Wildman–Crippen LogP) is 2.19. The first-order valence-electron chi connectivity index (χ1n) is 5.15. The van der Waals surface area contributed by atoms with Crippen LogP contribution in [-0.2, 0) is 5.41 Å². The van der Waals surface area contributed by atoms with Crippen LogP contribution in [0.25, 0.3) is 0 Å². The van der Waals surface area contributed by atoms with E-state index in [1.54, 1.807) is 0 Å². The second-order valence-electron chi connectivity index (χ2n) is 4.72. The molecule has 2 N–H and O–H groups in total. The number of imidazole rings is 1. The van der Waals surface area contributed by atoms with E-state index in [-0.39, 0.29) is 17.9 Å². The van der Waals surface area contributed by atoms with Crippen molar-refractivity contribution in [2.75, 3.05) is 6.61 Å². The number of aliphatic hydroxyl groups is 1. The van der Waals surface area contributed by atoms with Crippen LogP contribution in [-0.4, -0.2) is 21.7 Å². The molecule has 0 amide bonds.